The fourth-order valence-electron chi connectivity index (χ4n) is 1.57. The highest BCUT2D eigenvalue weighted by Crippen LogP contribution is 2.22. The molecule has 7 heteroatoms. The summed E-state index contributed by atoms with van der Waals surface area (Å²) < 4.78 is 29.8. The van der Waals surface area contributed by atoms with Gasteiger partial charge in [-0.3, -0.25) is 4.79 Å². The van der Waals surface area contributed by atoms with Crippen LogP contribution >= 0.6 is 27.3 Å². The summed E-state index contributed by atoms with van der Waals surface area (Å²) in [6.45, 7) is -2.77. The van der Waals surface area contributed by atoms with E-state index in [4.69, 9.17) is 0 Å². The first-order valence-corrected chi connectivity index (χ1v) is 7.28. The Morgan fingerprint density at radius 2 is 2.15 bits per heavy atom. The third kappa shape index (κ3) is 4.01. The van der Waals surface area contributed by atoms with Crippen LogP contribution in [0, 0.1) is 0 Å². The number of nitrogens with one attached hydrogen (secondary N) is 1. The van der Waals surface area contributed by atoms with Crippen molar-refractivity contribution >= 4 is 33.2 Å². The molecule has 0 aliphatic heterocycles. The van der Waals surface area contributed by atoms with Gasteiger partial charge in [-0.15, -0.1) is 11.3 Å². The molecule has 0 atom stereocenters. The number of benzene rings is 1. The lowest BCUT2D eigenvalue weighted by Crippen LogP contribution is -2.22. The fourth-order valence-corrected chi connectivity index (χ4v) is 2.70. The summed E-state index contributed by atoms with van der Waals surface area (Å²) in [7, 11) is 0. The Labute approximate surface area is 126 Å². The summed E-state index contributed by atoms with van der Waals surface area (Å²) in [6.07, 6.45) is 0. The molecule has 0 saturated heterocycles. The van der Waals surface area contributed by atoms with Gasteiger partial charge in [0.25, 0.3) is 5.91 Å². The monoisotopic (exact) mass is 361 g/mol. The maximum atomic E-state index is 12.3. The number of halogens is 3. The molecule has 2 aromatic rings. The van der Waals surface area contributed by atoms with E-state index < -0.39 is 6.61 Å². The number of hydrogen-bond acceptors (Lipinski definition) is 3. The topological polar surface area (TPSA) is 38.3 Å². The third-order valence-corrected chi connectivity index (χ3v) is 3.96. The van der Waals surface area contributed by atoms with Crippen LogP contribution < -0.4 is 10.1 Å². The third-order valence-electron chi connectivity index (χ3n) is 2.46. The van der Waals surface area contributed by atoms with Crippen molar-refractivity contribution < 1.29 is 18.3 Å². The number of carbonyl (C=O) groups excluding carboxylic acids is 1. The number of ether oxygens (including phenoxy) is 1. The second-order valence-electron chi connectivity index (χ2n) is 3.81. The number of hydrogen-bond donors (Lipinski definition) is 1. The molecule has 2 rings (SSSR count). The highest BCUT2D eigenvalue weighted by Gasteiger charge is 2.11. The van der Waals surface area contributed by atoms with Crippen molar-refractivity contribution in [2.75, 3.05) is 0 Å². The van der Waals surface area contributed by atoms with Crippen molar-refractivity contribution in [2.24, 2.45) is 0 Å². The van der Waals surface area contributed by atoms with E-state index in [-0.39, 0.29) is 18.2 Å². The predicted molar refractivity (Wildman–Crippen MR) is 76.3 cm³/mol. The predicted octanol–water partition coefficient (Wildman–Crippen LogP) is 4.04. The van der Waals surface area contributed by atoms with Crippen molar-refractivity contribution in [3.05, 3.63) is 50.6 Å². The van der Waals surface area contributed by atoms with E-state index >= 15 is 0 Å². The molecule has 1 amide bonds. The van der Waals surface area contributed by atoms with Crippen LogP contribution in [0.3, 0.4) is 0 Å². The van der Waals surface area contributed by atoms with Gasteiger partial charge in [0.05, 0.1) is 9.35 Å². The number of alkyl halides is 2. The SMILES string of the molecule is O=C(NCc1ccccc1OC(F)F)c1csc(Br)c1. The highest BCUT2D eigenvalue weighted by molar-refractivity contribution is 9.11. The van der Waals surface area contributed by atoms with Gasteiger partial charge < -0.3 is 10.1 Å². The zero-order valence-corrected chi connectivity index (χ0v) is 12.5. The van der Waals surface area contributed by atoms with E-state index in [0.29, 0.717) is 11.1 Å². The fraction of sp³-hybridized carbons (Fsp3) is 0.154. The second-order valence-corrected chi connectivity index (χ2v) is 6.10. The lowest BCUT2D eigenvalue weighted by molar-refractivity contribution is -0.0504. The zero-order valence-electron chi connectivity index (χ0n) is 10.1. The van der Waals surface area contributed by atoms with E-state index in [0.717, 1.165) is 3.79 Å². The molecule has 0 fully saturated rings. The largest absolute Gasteiger partial charge is 0.434 e. The molecular formula is C13H10BrF2NO2S. The van der Waals surface area contributed by atoms with Gasteiger partial charge in [0, 0.05) is 17.5 Å². The van der Waals surface area contributed by atoms with Crippen molar-refractivity contribution in [1.29, 1.82) is 0 Å². The van der Waals surface area contributed by atoms with Crippen molar-refractivity contribution in [2.45, 2.75) is 13.2 Å². The van der Waals surface area contributed by atoms with Crippen LogP contribution in [0.5, 0.6) is 5.75 Å². The van der Waals surface area contributed by atoms with Gasteiger partial charge in [0.2, 0.25) is 0 Å². The average molecular weight is 362 g/mol. The van der Waals surface area contributed by atoms with E-state index in [9.17, 15) is 13.6 Å². The van der Waals surface area contributed by atoms with Crippen molar-refractivity contribution in [3.63, 3.8) is 0 Å². The van der Waals surface area contributed by atoms with Crippen molar-refractivity contribution in [3.8, 4) is 5.75 Å². The summed E-state index contributed by atoms with van der Waals surface area (Å²) in [4.78, 5) is 11.9. The Morgan fingerprint density at radius 1 is 1.40 bits per heavy atom. The summed E-state index contributed by atoms with van der Waals surface area (Å²) in [5, 5.41) is 4.37. The maximum Gasteiger partial charge on any atom is 0.387 e. The quantitative estimate of drug-likeness (QED) is 0.872. The molecule has 0 radical (unpaired) electrons. The second kappa shape index (κ2) is 6.81. The van der Waals surface area contributed by atoms with Crippen LogP contribution in [0.15, 0.2) is 39.5 Å². The standard InChI is InChI=1S/C13H10BrF2NO2S/c14-11-5-9(7-20-11)12(18)17-6-8-3-1-2-4-10(8)19-13(15)16/h1-5,7,13H,6H2,(H,17,18). The lowest BCUT2D eigenvalue weighted by Gasteiger charge is -2.11. The molecule has 0 saturated carbocycles. The summed E-state index contributed by atoms with van der Waals surface area (Å²) in [5.74, 6) is -0.201. The number of rotatable bonds is 5. The van der Waals surface area contributed by atoms with Gasteiger partial charge in [-0.1, -0.05) is 18.2 Å². The Hall–Kier alpha value is -1.47. The Kier molecular flexibility index (Phi) is 5.08. The molecule has 0 unspecified atom stereocenters. The molecule has 1 aromatic carbocycles. The Morgan fingerprint density at radius 3 is 2.80 bits per heavy atom. The lowest BCUT2D eigenvalue weighted by atomic mass is 10.2. The molecule has 20 heavy (non-hydrogen) atoms. The average Bonchev–Trinajstić information content (AvgIpc) is 2.83. The minimum Gasteiger partial charge on any atom is -0.434 e. The van der Waals surface area contributed by atoms with E-state index in [1.165, 1.54) is 17.4 Å². The molecule has 1 aromatic heterocycles. The minimum atomic E-state index is -2.89. The molecule has 106 valence electrons. The van der Waals surface area contributed by atoms with Gasteiger partial charge in [-0.25, -0.2) is 0 Å². The van der Waals surface area contributed by atoms with Crippen LogP contribution in [0.4, 0.5) is 8.78 Å². The highest BCUT2D eigenvalue weighted by atomic mass is 79.9. The van der Waals surface area contributed by atoms with Gasteiger partial charge in [0.1, 0.15) is 5.75 Å². The number of amides is 1. The van der Waals surface area contributed by atoms with Crippen LogP contribution in [0.2, 0.25) is 0 Å². The van der Waals surface area contributed by atoms with E-state index in [2.05, 4.69) is 26.0 Å². The number of para-hydroxylation sites is 1. The molecule has 0 spiro atoms. The number of carbonyl (C=O) groups is 1. The molecular weight excluding hydrogens is 352 g/mol. The molecule has 1 heterocycles. The Bertz CT molecular complexity index is 604. The van der Waals surface area contributed by atoms with E-state index in [1.54, 1.807) is 29.6 Å². The normalized spacial score (nSPS) is 10.6. The van der Waals surface area contributed by atoms with Crippen LogP contribution in [-0.2, 0) is 6.54 Å². The summed E-state index contributed by atoms with van der Waals surface area (Å²) >= 11 is 4.67. The minimum absolute atomic E-state index is 0.0642. The van der Waals surface area contributed by atoms with Gasteiger partial charge in [-0.05, 0) is 28.1 Å². The molecule has 0 aliphatic rings. The van der Waals surface area contributed by atoms with Gasteiger partial charge in [-0.2, -0.15) is 8.78 Å². The molecule has 0 bridgehead atoms. The van der Waals surface area contributed by atoms with Crippen LogP contribution in [0.25, 0.3) is 0 Å². The zero-order chi connectivity index (χ0) is 14.5. The summed E-state index contributed by atoms with van der Waals surface area (Å²) in [5.41, 5.74) is 1.02. The molecule has 0 aliphatic carbocycles. The molecule has 1 N–H and O–H groups in total. The summed E-state index contributed by atoms with van der Waals surface area (Å²) in [6, 6.07) is 8.05. The Balaban J connectivity index is 2.02. The van der Waals surface area contributed by atoms with Crippen molar-refractivity contribution in [1.82, 2.24) is 5.32 Å². The smallest absolute Gasteiger partial charge is 0.387 e. The van der Waals surface area contributed by atoms with Gasteiger partial charge >= 0.3 is 6.61 Å². The first-order valence-electron chi connectivity index (χ1n) is 5.61. The maximum absolute atomic E-state index is 12.3. The first-order chi connectivity index (χ1) is 9.56. The first kappa shape index (κ1) is 14.9. The van der Waals surface area contributed by atoms with Crippen LogP contribution in [-0.4, -0.2) is 12.5 Å². The van der Waals surface area contributed by atoms with Crippen LogP contribution in [0.1, 0.15) is 15.9 Å². The molecule has 3 nitrogen and oxygen atoms in total. The van der Waals surface area contributed by atoms with Gasteiger partial charge in [0.15, 0.2) is 0 Å². The number of thiophene rings is 1. The van der Waals surface area contributed by atoms with E-state index in [1.807, 2.05) is 0 Å².